The number of aliphatic hydroxyl groups is 1. The minimum atomic E-state index is -0.589. The average Bonchev–Trinajstić information content (AvgIpc) is 3.03. The van der Waals surface area contributed by atoms with Gasteiger partial charge in [0.1, 0.15) is 11.7 Å². The highest BCUT2D eigenvalue weighted by Crippen LogP contribution is 2.27. The number of likely N-dealkylation sites (tertiary alicyclic amines) is 1. The molecule has 0 aromatic carbocycles. The van der Waals surface area contributed by atoms with E-state index in [2.05, 4.69) is 10.3 Å². The molecule has 8 nitrogen and oxygen atoms in total. The van der Waals surface area contributed by atoms with Crippen LogP contribution in [0.5, 0.6) is 0 Å². The van der Waals surface area contributed by atoms with Crippen LogP contribution in [-0.2, 0) is 20.9 Å². The van der Waals surface area contributed by atoms with Crippen LogP contribution in [0.1, 0.15) is 25.1 Å². The van der Waals surface area contributed by atoms with E-state index < -0.39 is 12.0 Å². The second-order valence-corrected chi connectivity index (χ2v) is 4.45. The van der Waals surface area contributed by atoms with E-state index in [0.29, 0.717) is 18.7 Å². The van der Waals surface area contributed by atoms with Gasteiger partial charge in [-0.1, -0.05) is 5.21 Å². The van der Waals surface area contributed by atoms with E-state index in [4.69, 9.17) is 9.84 Å². The minimum Gasteiger partial charge on any atom is -0.467 e. The van der Waals surface area contributed by atoms with Crippen LogP contribution >= 0.6 is 0 Å². The molecule has 104 valence electrons. The van der Waals surface area contributed by atoms with Crippen LogP contribution in [0.2, 0.25) is 0 Å². The van der Waals surface area contributed by atoms with Gasteiger partial charge >= 0.3 is 5.97 Å². The van der Waals surface area contributed by atoms with Crippen molar-refractivity contribution in [1.82, 2.24) is 19.9 Å². The molecule has 1 aliphatic heterocycles. The number of aliphatic hydroxyl groups excluding tert-OH is 1. The molecule has 0 spiro atoms. The van der Waals surface area contributed by atoms with Gasteiger partial charge in [0.15, 0.2) is 0 Å². The number of methoxy groups -OCH3 is 1. The van der Waals surface area contributed by atoms with Gasteiger partial charge in [-0.2, -0.15) is 0 Å². The third kappa shape index (κ3) is 2.58. The molecule has 1 amide bonds. The van der Waals surface area contributed by atoms with Crippen molar-refractivity contribution in [3.63, 3.8) is 0 Å². The van der Waals surface area contributed by atoms with Crippen molar-refractivity contribution in [1.29, 1.82) is 0 Å². The van der Waals surface area contributed by atoms with Crippen LogP contribution < -0.4 is 0 Å². The average molecular weight is 268 g/mol. The molecular formula is C11H16N4O4. The molecule has 19 heavy (non-hydrogen) atoms. The molecule has 2 atom stereocenters. The Hall–Kier alpha value is -1.96. The topological polar surface area (TPSA) is 97.5 Å². The highest BCUT2D eigenvalue weighted by molar-refractivity contribution is 5.84. The quantitative estimate of drug-likeness (QED) is 0.714. The van der Waals surface area contributed by atoms with Crippen molar-refractivity contribution in [2.75, 3.05) is 13.7 Å². The highest BCUT2D eigenvalue weighted by Gasteiger charge is 2.40. The van der Waals surface area contributed by atoms with Crippen molar-refractivity contribution in [3.8, 4) is 0 Å². The Labute approximate surface area is 109 Å². The number of carbonyl (C=O) groups excluding carboxylic acids is 2. The van der Waals surface area contributed by atoms with Gasteiger partial charge < -0.3 is 14.7 Å². The monoisotopic (exact) mass is 268 g/mol. The molecule has 8 heteroatoms. The molecule has 2 rings (SSSR count). The maximum Gasteiger partial charge on any atom is 0.328 e. The van der Waals surface area contributed by atoms with E-state index in [1.165, 1.54) is 18.9 Å². The van der Waals surface area contributed by atoms with Crippen molar-refractivity contribution in [2.45, 2.75) is 32.0 Å². The second kappa shape index (κ2) is 5.35. The lowest BCUT2D eigenvalue weighted by molar-refractivity contribution is -0.150. The first kappa shape index (κ1) is 13.5. The maximum atomic E-state index is 11.7. The van der Waals surface area contributed by atoms with Gasteiger partial charge in [0.2, 0.25) is 5.91 Å². The lowest BCUT2D eigenvalue weighted by Gasteiger charge is -2.20. The number of rotatable bonds is 3. The summed E-state index contributed by atoms with van der Waals surface area (Å²) >= 11 is 0. The van der Waals surface area contributed by atoms with Gasteiger partial charge in [0, 0.05) is 19.9 Å². The first-order valence-electron chi connectivity index (χ1n) is 5.93. The van der Waals surface area contributed by atoms with Crippen LogP contribution in [0, 0.1) is 0 Å². The number of ether oxygens (including phenoxy) is 1. The summed E-state index contributed by atoms with van der Waals surface area (Å²) in [7, 11) is 1.30. The van der Waals surface area contributed by atoms with Crippen molar-refractivity contribution in [3.05, 3.63) is 11.9 Å². The van der Waals surface area contributed by atoms with Gasteiger partial charge in [-0.25, -0.2) is 9.48 Å². The molecule has 1 aliphatic rings. The molecule has 0 radical (unpaired) electrons. The van der Waals surface area contributed by atoms with E-state index in [9.17, 15) is 9.59 Å². The Morgan fingerprint density at radius 1 is 1.58 bits per heavy atom. The molecule has 0 unspecified atom stereocenters. The lowest BCUT2D eigenvalue weighted by Crippen LogP contribution is -2.39. The molecule has 1 fully saturated rings. The van der Waals surface area contributed by atoms with E-state index in [1.807, 2.05) is 0 Å². The van der Waals surface area contributed by atoms with Gasteiger partial charge in [0.05, 0.1) is 26.0 Å². The number of aromatic nitrogens is 3. The third-order valence-corrected chi connectivity index (χ3v) is 3.25. The van der Waals surface area contributed by atoms with E-state index in [0.717, 1.165) is 0 Å². The molecular weight excluding hydrogens is 252 g/mol. The van der Waals surface area contributed by atoms with E-state index in [1.54, 1.807) is 10.9 Å². The van der Waals surface area contributed by atoms with Crippen molar-refractivity contribution in [2.24, 2.45) is 0 Å². The van der Waals surface area contributed by atoms with Gasteiger partial charge in [-0.3, -0.25) is 4.79 Å². The first-order valence-corrected chi connectivity index (χ1v) is 5.93. The lowest BCUT2D eigenvalue weighted by atomic mass is 10.2. The van der Waals surface area contributed by atoms with Crippen molar-refractivity contribution < 1.29 is 19.4 Å². The smallest absolute Gasteiger partial charge is 0.328 e. The van der Waals surface area contributed by atoms with Crippen LogP contribution in [0.4, 0.5) is 0 Å². The fraction of sp³-hybridized carbons (Fsp3) is 0.636. The third-order valence-electron chi connectivity index (χ3n) is 3.25. The fourth-order valence-corrected chi connectivity index (χ4v) is 2.28. The van der Waals surface area contributed by atoms with E-state index >= 15 is 0 Å². The molecule has 0 aliphatic carbocycles. The number of hydrogen-bond acceptors (Lipinski definition) is 6. The Bertz CT molecular complexity index is 487. The molecule has 0 bridgehead atoms. The van der Waals surface area contributed by atoms with Crippen LogP contribution in [0.3, 0.4) is 0 Å². The summed E-state index contributed by atoms with van der Waals surface area (Å²) in [5, 5.41) is 16.6. The summed E-state index contributed by atoms with van der Waals surface area (Å²) in [5.74, 6) is -0.611. The standard InChI is InChI=1S/C11H16N4O4/c1-7(17)14-5-9(3-10(14)11(18)19-2)15-4-8(6-16)12-13-15/h4,9-10,16H,3,5-6H2,1-2H3/t9-,10-/m0/s1. The minimum absolute atomic E-state index is 0.138. The number of carbonyl (C=O) groups is 2. The largest absolute Gasteiger partial charge is 0.467 e. The zero-order valence-electron chi connectivity index (χ0n) is 10.8. The summed E-state index contributed by atoms with van der Waals surface area (Å²) in [6.07, 6.45) is 2.04. The predicted octanol–water partition coefficient (Wildman–Crippen LogP) is -0.895. The van der Waals surface area contributed by atoms with Crippen molar-refractivity contribution >= 4 is 11.9 Å². The molecule has 1 saturated heterocycles. The molecule has 1 aromatic heterocycles. The first-order chi connectivity index (χ1) is 9.06. The Morgan fingerprint density at radius 2 is 2.32 bits per heavy atom. The second-order valence-electron chi connectivity index (χ2n) is 4.45. The Morgan fingerprint density at radius 3 is 2.84 bits per heavy atom. The number of esters is 1. The van der Waals surface area contributed by atoms with Gasteiger partial charge in [-0.15, -0.1) is 5.10 Å². The van der Waals surface area contributed by atoms with Crippen LogP contribution in [0.15, 0.2) is 6.20 Å². The molecule has 1 N–H and O–H groups in total. The summed E-state index contributed by atoms with van der Waals surface area (Å²) in [4.78, 5) is 24.7. The molecule has 0 saturated carbocycles. The normalized spacial score (nSPS) is 22.6. The Kier molecular flexibility index (Phi) is 3.79. The van der Waals surface area contributed by atoms with E-state index in [-0.39, 0.29) is 18.6 Å². The fourth-order valence-electron chi connectivity index (χ4n) is 2.28. The number of hydrogen-bond donors (Lipinski definition) is 1. The zero-order valence-corrected chi connectivity index (χ0v) is 10.8. The zero-order chi connectivity index (χ0) is 14.0. The summed E-state index contributed by atoms with van der Waals surface area (Å²) < 4.78 is 6.28. The van der Waals surface area contributed by atoms with Gasteiger partial charge in [-0.05, 0) is 0 Å². The summed E-state index contributed by atoms with van der Waals surface area (Å²) in [6.45, 7) is 1.60. The molecule has 1 aromatic rings. The van der Waals surface area contributed by atoms with Crippen LogP contribution in [0.25, 0.3) is 0 Å². The van der Waals surface area contributed by atoms with Gasteiger partial charge in [0.25, 0.3) is 0 Å². The van der Waals surface area contributed by atoms with Crippen LogP contribution in [-0.4, -0.2) is 56.6 Å². The maximum absolute atomic E-state index is 11.7. The number of nitrogens with zero attached hydrogens (tertiary/aromatic N) is 4. The highest BCUT2D eigenvalue weighted by atomic mass is 16.5. The molecule has 2 heterocycles. The predicted molar refractivity (Wildman–Crippen MR) is 62.8 cm³/mol. The summed E-state index contributed by atoms with van der Waals surface area (Å²) in [6, 6.07) is -0.727. The summed E-state index contributed by atoms with van der Waals surface area (Å²) in [5.41, 5.74) is 0.455. The SMILES string of the molecule is COC(=O)[C@@H]1C[C@H](n2cc(CO)nn2)CN1C(C)=O. The Balaban J connectivity index is 2.17. The number of amides is 1.